The first kappa shape index (κ1) is 11.9. The van der Waals surface area contributed by atoms with Gasteiger partial charge in [-0.1, -0.05) is 18.2 Å². The zero-order valence-electron chi connectivity index (χ0n) is 9.93. The highest BCUT2D eigenvalue weighted by molar-refractivity contribution is 5.78. The maximum atomic E-state index is 11.8. The molecule has 0 aromatic heterocycles. The Morgan fingerprint density at radius 2 is 1.76 bits per heavy atom. The number of carbonyl (C=O) groups is 1. The predicted octanol–water partition coefficient (Wildman–Crippen LogP) is 2.02. The Labute approximate surface area is 99.2 Å². The van der Waals surface area contributed by atoms with Crippen LogP contribution in [0.4, 0.5) is 0 Å². The molecular formula is C12H14O5. The molecule has 1 saturated heterocycles. The number of hydrogen-bond acceptors (Lipinski definition) is 5. The van der Waals surface area contributed by atoms with Gasteiger partial charge in [0.2, 0.25) is 0 Å². The molecule has 5 heteroatoms. The summed E-state index contributed by atoms with van der Waals surface area (Å²) in [6, 6.07) is 8.77. The molecule has 1 fully saturated rings. The number of hydrogen-bond donors (Lipinski definition) is 0. The SMILES string of the molecule is CC(C)(C)OC(=O)C1(Oc2ccccc2)OO1. The summed E-state index contributed by atoms with van der Waals surface area (Å²) in [5.41, 5.74) is -0.626. The minimum Gasteiger partial charge on any atom is -0.453 e. The van der Waals surface area contributed by atoms with Crippen LogP contribution in [0, 0.1) is 0 Å². The molecule has 2 rings (SSSR count). The lowest BCUT2D eigenvalue weighted by Gasteiger charge is -2.20. The van der Waals surface area contributed by atoms with E-state index in [0.717, 1.165) is 0 Å². The number of carbonyl (C=O) groups excluding carboxylic acids is 1. The number of esters is 1. The third-order valence-electron chi connectivity index (χ3n) is 1.88. The van der Waals surface area contributed by atoms with Crippen molar-refractivity contribution in [3.8, 4) is 5.75 Å². The van der Waals surface area contributed by atoms with Crippen LogP contribution in [0.3, 0.4) is 0 Å². The van der Waals surface area contributed by atoms with Gasteiger partial charge in [-0.3, -0.25) is 0 Å². The van der Waals surface area contributed by atoms with Gasteiger partial charge in [0.05, 0.1) is 0 Å². The van der Waals surface area contributed by atoms with E-state index in [1.165, 1.54) is 0 Å². The highest BCUT2D eigenvalue weighted by Gasteiger charge is 2.63. The smallest absolute Gasteiger partial charge is 0.453 e. The molecule has 1 aromatic carbocycles. The molecule has 0 spiro atoms. The largest absolute Gasteiger partial charge is 0.484 e. The average molecular weight is 238 g/mol. The van der Waals surface area contributed by atoms with E-state index in [9.17, 15) is 4.79 Å². The van der Waals surface area contributed by atoms with Gasteiger partial charge in [-0.15, -0.1) is 9.78 Å². The summed E-state index contributed by atoms with van der Waals surface area (Å²) in [5, 5.41) is 0. The third-order valence-corrected chi connectivity index (χ3v) is 1.88. The third kappa shape index (κ3) is 2.95. The molecule has 1 aromatic rings. The van der Waals surface area contributed by atoms with Crippen LogP contribution in [0.1, 0.15) is 20.8 Å². The van der Waals surface area contributed by atoms with E-state index >= 15 is 0 Å². The second-order valence-electron chi connectivity index (χ2n) is 4.64. The van der Waals surface area contributed by atoms with Crippen LogP contribution in [0.25, 0.3) is 0 Å². The minimum atomic E-state index is -1.74. The van der Waals surface area contributed by atoms with Crippen molar-refractivity contribution in [2.24, 2.45) is 0 Å². The Kier molecular flexibility index (Phi) is 2.81. The summed E-state index contributed by atoms with van der Waals surface area (Å²) in [4.78, 5) is 21.0. The number of ether oxygens (including phenoxy) is 2. The minimum absolute atomic E-state index is 0.468. The zero-order chi connectivity index (χ0) is 12.5. The molecule has 1 aliphatic rings. The molecule has 92 valence electrons. The van der Waals surface area contributed by atoms with Gasteiger partial charge in [-0.2, -0.15) is 0 Å². The predicted molar refractivity (Wildman–Crippen MR) is 57.8 cm³/mol. The number of para-hydroxylation sites is 1. The quantitative estimate of drug-likeness (QED) is 0.458. The van der Waals surface area contributed by atoms with Crippen molar-refractivity contribution < 1.29 is 24.0 Å². The van der Waals surface area contributed by atoms with Gasteiger partial charge in [0, 0.05) is 0 Å². The summed E-state index contributed by atoms with van der Waals surface area (Å²) in [6.45, 7) is 5.26. The fraction of sp³-hybridized carbons (Fsp3) is 0.417. The van der Waals surface area contributed by atoms with Crippen LogP contribution >= 0.6 is 0 Å². The lowest BCUT2D eigenvalue weighted by atomic mass is 10.2. The van der Waals surface area contributed by atoms with Gasteiger partial charge in [0.15, 0.2) is 0 Å². The standard InChI is InChI=1S/C12H14O5/c1-11(2,3)15-10(13)12(16-17-12)14-9-7-5-4-6-8-9/h4-8H,1-3H3. The van der Waals surface area contributed by atoms with Crippen LogP contribution in [0.2, 0.25) is 0 Å². The summed E-state index contributed by atoms with van der Waals surface area (Å²) in [6.07, 6.45) is 0. The van der Waals surface area contributed by atoms with Crippen molar-refractivity contribution >= 4 is 5.97 Å². The Morgan fingerprint density at radius 1 is 1.18 bits per heavy atom. The van der Waals surface area contributed by atoms with Crippen LogP contribution in [-0.4, -0.2) is 17.5 Å². The molecule has 0 N–H and O–H groups in total. The Morgan fingerprint density at radius 3 is 2.24 bits per heavy atom. The van der Waals surface area contributed by atoms with Crippen molar-refractivity contribution in [2.45, 2.75) is 32.3 Å². The zero-order valence-corrected chi connectivity index (χ0v) is 9.93. The Bertz CT molecular complexity index is 403. The second-order valence-corrected chi connectivity index (χ2v) is 4.64. The fourth-order valence-electron chi connectivity index (χ4n) is 1.17. The van der Waals surface area contributed by atoms with E-state index in [0.29, 0.717) is 5.75 Å². The van der Waals surface area contributed by atoms with E-state index < -0.39 is 17.5 Å². The fourth-order valence-corrected chi connectivity index (χ4v) is 1.17. The molecule has 0 atom stereocenters. The highest BCUT2D eigenvalue weighted by Crippen LogP contribution is 2.35. The van der Waals surface area contributed by atoms with Crippen molar-refractivity contribution in [2.75, 3.05) is 0 Å². The maximum absolute atomic E-state index is 11.8. The Balaban J connectivity index is 2.03. The maximum Gasteiger partial charge on any atom is 0.484 e. The first-order valence-electron chi connectivity index (χ1n) is 5.26. The normalized spacial score (nSPS) is 17.4. The molecule has 0 aliphatic carbocycles. The van der Waals surface area contributed by atoms with Gasteiger partial charge < -0.3 is 9.47 Å². The first-order chi connectivity index (χ1) is 7.91. The lowest BCUT2D eigenvalue weighted by molar-refractivity contribution is -0.175. The number of benzene rings is 1. The van der Waals surface area contributed by atoms with Gasteiger partial charge in [-0.05, 0) is 32.9 Å². The lowest BCUT2D eigenvalue weighted by Crippen LogP contribution is -2.38. The Hall–Kier alpha value is -1.59. The number of rotatable bonds is 3. The van der Waals surface area contributed by atoms with Crippen molar-refractivity contribution in [3.05, 3.63) is 30.3 Å². The molecule has 5 nitrogen and oxygen atoms in total. The summed E-state index contributed by atoms with van der Waals surface area (Å²) in [5.74, 6) is -1.97. The molecule has 0 radical (unpaired) electrons. The van der Waals surface area contributed by atoms with Crippen LogP contribution < -0.4 is 4.74 Å². The second kappa shape index (κ2) is 4.01. The van der Waals surface area contributed by atoms with E-state index in [1.807, 2.05) is 6.07 Å². The molecule has 0 bridgehead atoms. The highest BCUT2D eigenvalue weighted by atomic mass is 17.5. The summed E-state index contributed by atoms with van der Waals surface area (Å²) >= 11 is 0. The van der Waals surface area contributed by atoms with Crippen LogP contribution in [0.5, 0.6) is 5.75 Å². The monoisotopic (exact) mass is 238 g/mol. The van der Waals surface area contributed by atoms with Gasteiger partial charge in [-0.25, -0.2) is 4.79 Å². The first-order valence-corrected chi connectivity index (χ1v) is 5.26. The van der Waals surface area contributed by atoms with Gasteiger partial charge >= 0.3 is 11.9 Å². The molecule has 17 heavy (non-hydrogen) atoms. The van der Waals surface area contributed by atoms with Gasteiger partial charge in [0.1, 0.15) is 11.4 Å². The van der Waals surface area contributed by atoms with E-state index in [4.69, 9.17) is 9.47 Å². The molecule has 1 heterocycles. The summed E-state index contributed by atoms with van der Waals surface area (Å²) < 4.78 is 10.4. The van der Waals surface area contributed by atoms with Crippen molar-refractivity contribution in [3.63, 3.8) is 0 Å². The van der Waals surface area contributed by atoms with E-state index in [1.54, 1.807) is 45.0 Å². The van der Waals surface area contributed by atoms with Crippen LogP contribution in [0.15, 0.2) is 30.3 Å². The topological polar surface area (TPSA) is 60.6 Å². The van der Waals surface area contributed by atoms with E-state index in [2.05, 4.69) is 9.78 Å². The summed E-state index contributed by atoms with van der Waals surface area (Å²) in [7, 11) is 0. The molecular weight excluding hydrogens is 224 g/mol. The van der Waals surface area contributed by atoms with E-state index in [-0.39, 0.29) is 0 Å². The van der Waals surface area contributed by atoms with Gasteiger partial charge in [0.25, 0.3) is 0 Å². The molecule has 0 amide bonds. The van der Waals surface area contributed by atoms with Crippen molar-refractivity contribution in [1.82, 2.24) is 0 Å². The molecule has 0 saturated carbocycles. The average Bonchev–Trinajstić information content (AvgIpc) is 2.98. The van der Waals surface area contributed by atoms with Crippen molar-refractivity contribution in [1.29, 1.82) is 0 Å². The van der Waals surface area contributed by atoms with Crippen LogP contribution in [-0.2, 0) is 19.3 Å². The molecule has 1 aliphatic heterocycles. The molecule has 0 unspecified atom stereocenters.